The van der Waals surface area contributed by atoms with E-state index in [0.29, 0.717) is 26.2 Å². The topological polar surface area (TPSA) is 58.6 Å². The zero-order chi connectivity index (χ0) is 23.1. The Hall–Kier alpha value is -3.77. The molecule has 6 nitrogen and oxygen atoms in total. The minimum Gasteiger partial charge on any atom is -0.368 e. The van der Waals surface area contributed by atoms with Gasteiger partial charge in [0.1, 0.15) is 0 Å². The van der Waals surface area contributed by atoms with Gasteiger partial charge in [-0.15, -0.1) is 0 Å². The lowest BCUT2D eigenvalue weighted by molar-refractivity contribution is -0.0848. The number of fused-ring (bicyclic) bond motifs is 3. The van der Waals surface area contributed by atoms with Gasteiger partial charge in [-0.3, -0.25) is 4.79 Å². The maximum Gasteiger partial charge on any atom is 0.254 e. The average Bonchev–Trinajstić information content (AvgIpc) is 2.88. The van der Waals surface area contributed by atoms with Gasteiger partial charge in [-0.1, -0.05) is 66.2 Å². The molecule has 2 aliphatic heterocycles. The van der Waals surface area contributed by atoms with Crippen LogP contribution in [0.3, 0.4) is 0 Å². The summed E-state index contributed by atoms with van der Waals surface area (Å²) >= 11 is 0. The van der Waals surface area contributed by atoms with Gasteiger partial charge in [-0.2, -0.15) is 0 Å². The summed E-state index contributed by atoms with van der Waals surface area (Å²) in [4.78, 5) is 27.2. The Balaban J connectivity index is 1.23. The van der Waals surface area contributed by atoms with Gasteiger partial charge < -0.3 is 14.5 Å². The van der Waals surface area contributed by atoms with Crippen molar-refractivity contribution in [2.45, 2.75) is 19.1 Å². The number of carbonyl (C=O) groups excluding carboxylic acids is 1. The fourth-order valence-corrected chi connectivity index (χ4v) is 5.01. The molecule has 0 saturated carbocycles. The first kappa shape index (κ1) is 20.8. The molecule has 2 aliphatic rings. The number of morpholine rings is 2. The van der Waals surface area contributed by atoms with Crippen LogP contribution in [0.1, 0.15) is 15.9 Å². The van der Waals surface area contributed by atoms with Crippen molar-refractivity contribution < 1.29 is 9.53 Å². The van der Waals surface area contributed by atoms with Gasteiger partial charge in [0.15, 0.2) is 0 Å². The van der Waals surface area contributed by atoms with E-state index >= 15 is 0 Å². The highest BCUT2D eigenvalue weighted by atomic mass is 16.5. The lowest BCUT2D eigenvalue weighted by atomic mass is 9.96. The molecule has 0 radical (unpaired) electrons. The molecule has 0 N–H and O–H groups in total. The zero-order valence-corrected chi connectivity index (χ0v) is 19.1. The highest BCUT2D eigenvalue weighted by Gasteiger charge is 2.38. The highest BCUT2D eigenvalue weighted by Crippen LogP contribution is 2.29. The summed E-state index contributed by atoms with van der Waals surface area (Å²) in [5, 5.41) is 1.03. The van der Waals surface area contributed by atoms with Crippen LogP contribution in [0, 0.1) is 6.92 Å². The van der Waals surface area contributed by atoms with Gasteiger partial charge in [-0.05, 0) is 30.2 Å². The third-order valence-electron chi connectivity index (χ3n) is 6.62. The van der Waals surface area contributed by atoms with Gasteiger partial charge in [0.25, 0.3) is 5.91 Å². The Morgan fingerprint density at radius 2 is 1.65 bits per heavy atom. The largest absolute Gasteiger partial charge is 0.368 e. The Morgan fingerprint density at radius 3 is 2.44 bits per heavy atom. The maximum absolute atomic E-state index is 13.7. The molecule has 3 heterocycles. The number of para-hydroxylation sites is 1. The van der Waals surface area contributed by atoms with Crippen LogP contribution in [0.5, 0.6) is 0 Å². The van der Waals surface area contributed by atoms with Crippen LogP contribution in [0.15, 0.2) is 79.0 Å². The van der Waals surface area contributed by atoms with E-state index in [-0.39, 0.29) is 18.1 Å². The van der Waals surface area contributed by atoms with E-state index in [1.54, 1.807) is 0 Å². The van der Waals surface area contributed by atoms with Crippen LogP contribution >= 0.6 is 0 Å². The smallest absolute Gasteiger partial charge is 0.254 e. The molecule has 3 aromatic carbocycles. The van der Waals surface area contributed by atoms with E-state index in [0.717, 1.165) is 39.1 Å². The van der Waals surface area contributed by atoms with Gasteiger partial charge >= 0.3 is 0 Å². The van der Waals surface area contributed by atoms with E-state index in [1.807, 2.05) is 66.6 Å². The molecule has 2 atom stereocenters. The summed E-state index contributed by atoms with van der Waals surface area (Å²) in [6.07, 6.45) is 1.73. The molecule has 1 aromatic heterocycles. The van der Waals surface area contributed by atoms with Crippen molar-refractivity contribution in [1.82, 2.24) is 14.9 Å². The van der Waals surface area contributed by atoms with Crippen molar-refractivity contribution in [1.29, 1.82) is 0 Å². The molecule has 34 heavy (non-hydrogen) atoms. The van der Waals surface area contributed by atoms with Crippen LogP contribution in [-0.2, 0) is 4.74 Å². The Morgan fingerprint density at radius 1 is 0.912 bits per heavy atom. The standard InChI is InChI=1S/C28H26N4O2/c1-19-11-12-24(20-7-3-2-4-8-20)25(13-19)27(33)31-15-22-17-32(18-23(16-31)34-22)28-29-14-21-9-5-6-10-26(21)30-28/h2-14,22-23H,15-18H2,1H3. The lowest BCUT2D eigenvalue weighted by Gasteiger charge is -2.45. The molecule has 0 spiro atoms. The van der Waals surface area contributed by atoms with Crippen molar-refractivity contribution in [2.75, 3.05) is 31.1 Å². The first-order valence-electron chi connectivity index (χ1n) is 11.7. The summed E-state index contributed by atoms with van der Waals surface area (Å²) in [5.74, 6) is 0.790. The predicted molar refractivity (Wildman–Crippen MR) is 133 cm³/mol. The summed E-state index contributed by atoms with van der Waals surface area (Å²) in [7, 11) is 0. The van der Waals surface area contributed by atoms with Crippen molar-refractivity contribution in [3.05, 3.63) is 90.1 Å². The minimum absolute atomic E-state index is 0.0660. The number of ether oxygens (including phenoxy) is 1. The monoisotopic (exact) mass is 450 g/mol. The number of amides is 1. The van der Waals surface area contributed by atoms with Crippen molar-refractivity contribution in [2.24, 2.45) is 0 Å². The van der Waals surface area contributed by atoms with Gasteiger partial charge in [-0.25, -0.2) is 9.97 Å². The molecule has 0 aliphatic carbocycles. The maximum atomic E-state index is 13.7. The van der Waals surface area contributed by atoms with Crippen molar-refractivity contribution in [3.8, 4) is 11.1 Å². The highest BCUT2D eigenvalue weighted by molar-refractivity contribution is 6.01. The summed E-state index contributed by atoms with van der Waals surface area (Å²) < 4.78 is 6.23. The molecular weight excluding hydrogens is 424 g/mol. The van der Waals surface area contributed by atoms with E-state index in [9.17, 15) is 4.79 Å². The number of aryl methyl sites for hydroxylation is 1. The van der Waals surface area contributed by atoms with Crippen LogP contribution in [0.4, 0.5) is 5.95 Å². The second-order valence-electron chi connectivity index (χ2n) is 9.14. The van der Waals surface area contributed by atoms with Gasteiger partial charge in [0.05, 0.1) is 17.7 Å². The second-order valence-corrected chi connectivity index (χ2v) is 9.14. The SMILES string of the molecule is Cc1ccc(-c2ccccc2)c(C(=O)N2CC3CN(c4ncc5ccccc5n4)CC(C2)O3)c1. The number of carbonyl (C=O) groups is 1. The van der Waals surface area contributed by atoms with E-state index in [4.69, 9.17) is 9.72 Å². The molecule has 2 saturated heterocycles. The molecule has 2 fully saturated rings. The molecule has 1 amide bonds. The van der Waals surface area contributed by atoms with Gasteiger partial charge in [0, 0.05) is 43.3 Å². The number of rotatable bonds is 3. The fraction of sp³-hybridized carbons (Fsp3) is 0.250. The number of nitrogens with zero attached hydrogens (tertiary/aromatic N) is 4. The first-order chi connectivity index (χ1) is 16.6. The summed E-state index contributed by atoms with van der Waals surface area (Å²) in [6, 6.07) is 24.2. The fourth-order valence-electron chi connectivity index (χ4n) is 5.01. The molecule has 170 valence electrons. The normalized spacial score (nSPS) is 19.9. The molecule has 2 unspecified atom stereocenters. The molecule has 4 aromatic rings. The van der Waals surface area contributed by atoms with Gasteiger partial charge in [0.2, 0.25) is 5.95 Å². The molecule has 6 rings (SSSR count). The van der Waals surface area contributed by atoms with E-state index in [1.165, 1.54) is 0 Å². The Bertz CT molecular complexity index is 1340. The second kappa shape index (κ2) is 8.54. The zero-order valence-electron chi connectivity index (χ0n) is 19.1. The minimum atomic E-state index is -0.0727. The summed E-state index contributed by atoms with van der Waals surface area (Å²) in [6.45, 7) is 4.47. The van der Waals surface area contributed by atoms with Crippen LogP contribution < -0.4 is 4.90 Å². The van der Waals surface area contributed by atoms with Crippen LogP contribution in [0.2, 0.25) is 0 Å². The number of benzene rings is 3. The third kappa shape index (κ3) is 3.90. The number of hydrogen-bond acceptors (Lipinski definition) is 5. The molecule has 2 bridgehead atoms. The number of anilines is 1. The van der Waals surface area contributed by atoms with Crippen molar-refractivity contribution >= 4 is 22.8 Å². The van der Waals surface area contributed by atoms with Crippen LogP contribution in [0.25, 0.3) is 22.0 Å². The lowest BCUT2D eigenvalue weighted by Crippen LogP contribution is -2.61. The number of hydrogen-bond donors (Lipinski definition) is 0. The quantitative estimate of drug-likeness (QED) is 0.465. The van der Waals surface area contributed by atoms with E-state index < -0.39 is 0 Å². The average molecular weight is 451 g/mol. The Labute approximate surface area is 198 Å². The van der Waals surface area contributed by atoms with Crippen molar-refractivity contribution in [3.63, 3.8) is 0 Å². The molecule has 6 heteroatoms. The first-order valence-corrected chi connectivity index (χ1v) is 11.7. The van der Waals surface area contributed by atoms with Crippen LogP contribution in [-0.4, -0.2) is 59.2 Å². The number of aromatic nitrogens is 2. The van der Waals surface area contributed by atoms with E-state index in [2.05, 4.69) is 34.1 Å². The summed E-state index contributed by atoms with van der Waals surface area (Å²) in [5.41, 5.74) is 4.80. The molecular formula is C28H26N4O2. The predicted octanol–water partition coefficient (Wildman–Crippen LogP) is 4.34. The Kier molecular flexibility index (Phi) is 5.23. The third-order valence-corrected chi connectivity index (χ3v) is 6.62.